The van der Waals surface area contributed by atoms with Crippen LogP contribution in [0.1, 0.15) is 10.5 Å². The average molecular weight is 194 g/mol. The average Bonchev–Trinajstić information content (AvgIpc) is 2.17. The first-order valence-corrected chi connectivity index (χ1v) is 3.59. The lowest BCUT2D eigenvalue weighted by Crippen LogP contribution is -2.14. The van der Waals surface area contributed by atoms with E-state index in [0.717, 1.165) is 0 Å². The van der Waals surface area contributed by atoms with Gasteiger partial charge < -0.3 is 10.4 Å². The van der Waals surface area contributed by atoms with E-state index in [1.54, 1.807) is 0 Å². The molecular weight excluding hydrogens is 188 g/mol. The number of Topliss-reactive ketones (excluding diaryl/α,β-unsaturated/α-hetero) is 1. The molecule has 0 fully saturated rings. The Balaban J connectivity index is 2.99. The molecule has 0 aromatic carbocycles. The lowest BCUT2D eigenvalue weighted by molar-refractivity contribution is -0.131. The summed E-state index contributed by atoms with van der Waals surface area (Å²) in [6.07, 6.45) is 1.66. The molecule has 6 heteroatoms. The molecule has 0 aliphatic heterocycles. The second kappa shape index (κ2) is 4.13. The van der Waals surface area contributed by atoms with Crippen molar-refractivity contribution in [3.05, 3.63) is 24.0 Å². The summed E-state index contributed by atoms with van der Waals surface area (Å²) in [5.41, 5.74) is 0.101. The number of anilines is 1. The molecule has 1 rings (SSSR count). The van der Waals surface area contributed by atoms with Gasteiger partial charge in [0.2, 0.25) is 6.41 Å². The van der Waals surface area contributed by atoms with Gasteiger partial charge in [0.15, 0.2) is 0 Å². The number of pyridine rings is 1. The number of hydrogen-bond donors (Lipinski definition) is 2. The minimum Gasteiger partial charge on any atom is -0.475 e. The molecule has 0 aliphatic carbocycles. The molecule has 0 unspecified atom stereocenters. The van der Waals surface area contributed by atoms with Gasteiger partial charge in [0, 0.05) is 11.9 Å². The van der Waals surface area contributed by atoms with Crippen molar-refractivity contribution in [2.45, 2.75) is 0 Å². The van der Waals surface area contributed by atoms with Gasteiger partial charge in [-0.15, -0.1) is 0 Å². The molecule has 14 heavy (non-hydrogen) atoms. The zero-order valence-corrected chi connectivity index (χ0v) is 6.93. The highest BCUT2D eigenvalue weighted by Crippen LogP contribution is 2.07. The van der Waals surface area contributed by atoms with Gasteiger partial charge in [0.25, 0.3) is 5.78 Å². The van der Waals surface area contributed by atoms with E-state index in [0.29, 0.717) is 12.1 Å². The second-order valence-corrected chi connectivity index (χ2v) is 2.33. The van der Waals surface area contributed by atoms with Gasteiger partial charge in [0.05, 0.1) is 0 Å². The Morgan fingerprint density at radius 2 is 2.21 bits per heavy atom. The van der Waals surface area contributed by atoms with Crippen LogP contribution in [0.2, 0.25) is 0 Å². The normalized spacial score (nSPS) is 9.14. The highest BCUT2D eigenvalue weighted by Gasteiger charge is 2.15. The first kappa shape index (κ1) is 9.85. The van der Waals surface area contributed by atoms with Gasteiger partial charge >= 0.3 is 5.97 Å². The van der Waals surface area contributed by atoms with Crippen LogP contribution in [0.25, 0.3) is 0 Å². The van der Waals surface area contributed by atoms with Gasteiger partial charge in [-0.3, -0.25) is 14.6 Å². The van der Waals surface area contributed by atoms with E-state index < -0.39 is 11.8 Å². The highest BCUT2D eigenvalue weighted by molar-refractivity contribution is 6.39. The van der Waals surface area contributed by atoms with Crippen molar-refractivity contribution in [3.63, 3.8) is 0 Å². The number of carboxylic acid groups (broad SMARTS) is 1. The van der Waals surface area contributed by atoms with Crippen LogP contribution in [0, 0.1) is 0 Å². The quantitative estimate of drug-likeness (QED) is 0.397. The maximum Gasteiger partial charge on any atom is 0.378 e. The molecule has 0 aliphatic rings. The minimum atomic E-state index is -1.58. The van der Waals surface area contributed by atoms with E-state index in [4.69, 9.17) is 5.11 Å². The van der Waals surface area contributed by atoms with Crippen LogP contribution in [0.5, 0.6) is 0 Å². The monoisotopic (exact) mass is 194 g/mol. The van der Waals surface area contributed by atoms with Gasteiger partial charge in [-0.2, -0.15) is 0 Å². The Morgan fingerprint density at radius 1 is 1.50 bits per heavy atom. The minimum absolute atomic E-state index is 0.218. The Bertz CT molecular complexity index is 389. The number of nitrogens with zero attached hydrogens (tertiary/aromatic N) is 1. The third kappa shape index (κ3) is 2.13. The Morgan fingerprint density at radius 3 is 2.79 bits per heavy atom. The third-order valence-electron chi connectivity index (χ3n) is 1.41. The molecular formula is C8H6N2O4. The molecule has 6 nitrogen and oxygen atoms in total. The van der Waals surface area contributed by atoms with Gasteiger partial charge in [0.1, 0.15) is 5.69 Å². The topological polar surface area (TPSA) is 96.4 Å². The van der Waals surface area contributed by atoms with Crippen molar-refractivity contribution in [2.75, 3.05) is 5.32 Å². The number of amides is 1. The number of aromatic nitrogens is 1. The predicted molar refractivity (Wildman–Crippen MR) is 45.9 cm³/mol. The van der Waals surface area contributed by atoms with E-state index in [1.165, 1.54) is 18.3 Å². The lowest BCUT2D eigenvalue weighted by Gasteiger charge is -1.99. The van der Waals surface area contributed by atoms with E-state index in [1.807, 2.05) is 0 Å². The van der Waals surface area contributed by atoms with Crippen LogP contribution in [0.3, 0.4) is 0 Å². The van der Waals surface area contributed by atoms with E-state index in [-0.39, 0.29) is 5.69 Å². The summed E-state index contributed by atoms with van der Waals surface area (Å²) >= 11 is 0. The molecule has 0 bridgehead atoms. The van der Waals surface area contributed by atoms with Gasteiger partial charge in [-0.1, -0.05) is 0 Å². The highest BCUT2D eigenvalue weighted by atomic mass is 16.4. The van der Waals surface area contributed by atoms with Crippen molar-refractivity contribution in [1.29, 1.82) is 0 Å². The molecule has 2 N–H and O–H groups in total. The summed E-state index contributed by atoms with van der Waals surface area (Å²) in [4.78, 5) is 34.8. The number of rotatable bonds is 4. The van der Waals surface area contributed by atoms with Crippen molar-refractivity contribution in [1.82, 2.24) is 4.98 Å². The van der Waals surface area contributed by atoms with Gasteiger partial charge in [-0.25, -0.2) is 4.79 Å². The molecule has 0 radical (unpaired) electrons. The predicted octanol–water partition coefficient (Wildman–Crippen LogP) is -0.0828. The van der Waals surface area contributed by atoms with Crippen molar-refractivity contribution < 1.29 is 19.5 Å². The number of carbonyl (C=O) groups is 3. The third-order valence-corrected chi connectivity index (χ3v) is 1.41. The number of ketones is 1. The fraction of sp³-hybridized carbons (Fsp3) is 0. The number of aliphatic carboxylic acids is 1. The standard InChI is InChI=1S/C8H6N2O4/c11-4-10-5-1-2-9-6(3-5)7(12)8(13)14/h1-4H,(H,13,14)(H,9,10,11). The van der Waals surface area contributed by atoms with Crippen LogP contribution >= 0.6 is 0 Å². The molecule has 0 spiro atoms. The number of carboxylic acids is 1. The van der Waals surface area contributed by atoms with E-state index in [2.05, 4.69) is 10.3 Å². The fourth-order valence-electron chi connectivity index (χ4n) is 0.822. The second-order valence-electron chi connectivity index (χ2n) is 2.33. The first-order valence-electron chi connectivity index (χ1n) is 3.59. The molecule has 72 valence electrons. The van der Waals surface area contributed by atoms with Crippen molar-refractivity contribution in [3.8, 4) is 0 Å². The van der Waals surface area contributed by atoms with Crippen molar-refractivity contribution in [2.24, 2.45) is 0 Å². The smallest absolute Gasteiger partial charge is 0.378 e. The zero-order valence-electron chi connectivity index (χ0n) is 6.93. The number of carbonyl (C=O) groups excluding carboxylic acids is 2. The van der Waals surface area contributed by atoms with Gasteiger partial charge in [-0.05, 0) is 12.1 Å². The Labute approximate surface area is 78.6 Å². The maximum atomic E-state index is 10.9. The summed E-state index contributed by atoms with van der Waals surface area (Å²) in [5.74, 6) is -2.69. The largest absolute Gasteiger partial charge is 0.475 e. The Kier molecular flexibility index (Phi) is 2.90. The fourth-order valence-corrected chi connectivity index (χ4v) is 0.822. The molecule has 1 amide bonds. The van der Waals surface area contributed by atoms with E-state index >= 15 is 0 Å². The summed E-state index contributed by atoms with van der Waals surface area (Å²) < 4.78 is 0. The van der Waals surface area contributed by atoms with Crippen LogP contribution in [0.4, 0.5) is 5.69 Å². The maximum absolute atomic E-state index is 10.9. The molecule has 0 saturated carbocycles. The molecule has 1 aromatic heterocycles. The molecule has 0 saturated heterocycles. The lowest BCUT2D eigenvalue weighted by atomic mass is 10.2. The molecule has 0 atom stereocenters. The van der Waals surface area contributed by atoms with Crippen LogP contribution < -0.4 is 5.32 Å². The van der Waals surface area contributed by atoms with Crippen molar-refractivity contribution >= 4 is 23.9 Å². The van der Waals surface area contributed by atoms with Crippen LogP contribution in [-0.2, 0) is 9.59 Å². The molecule has 1 aromatic rings. The summed E-state index contributed by atoms with van der Waals surface area (Å²) in [5, 5.41) is 10.7. The van der Waals surface area contributed by atoms with Crippen LogP contribution in [0.15, 0.2) is 18.3 Å². The number of hydrogen-bond acceptors (Lipinski definition) is 4. The summed E-state index contributed by atoms with van der Waals surface area (Å²) in [7, 11) is 0. The number of nitrogens with one attached hydrogen (secondary N) is 1. The zero-order chi connectivity index (χ0) is 10.6. The first-order chi connectivity index (χ1) is 6.65. The summed E-state index contributed by atoms with van der Waals surface area (Å²) in [6.45, 7) is 0. The molecule has 1 heterocycles. The SMILES string of the molecule is O=CNc1ccnc(C(=O)C(=O)O)c1. The Hall–Kier alpha value is -2.24. The van der Waals surface area contributed by atoms with Crippen LogP contribution in [-0.4, -0.2) is 28.3 Å². The summed E-state index contributed by atoms with van der Waals surface area (Å²) in [6, 6.07) is 2.62. The van der Waals surface area contributed by atoms with E-state index in [9.17, 15) is 14.4 Å².